The van der Waals surface area contributed by atoms with Crippen LogP contribution < -0.4 is 10.3 Å². The van der Waals surface area contributed by atoms with Gasteiger partial charge in [0, 0.05) is 23.6 Å². The van der Waals surface area contributed by atoms with Crippen molar-refractivity contribution in [3.05, 3.63) is 73.3 Å². The molecule has 2 aromatic carbocycles. The highest BCUT2D eigenvalue weighted by atomic mass is 16.2. The lowest BCUT2D eigenvalue weighted by molar-refractivity contribution is -0.127. The Morgan fingerprint density at radius 3 is 2.50 bits per heavy atom. The standard InChI is InChI=1S/C21H17N5O2/c1-14-19(21(28)26(25-14)18-8-3-2-4-9-18)20(27)24-17-7-5-6-15(10-17)16-11-22-13-23-12-16/h2-13,19H,1H3,(H,24,27). The van der Waals surface area contributed by atoms with Crippen LogP contribution in [-0.4, -0.2) is 27.5 Å². The average Bonchev–Trinajstić information content (AvgIpc) is 3.03. The average molecular weight is 371 g/mol. The summed E-state index contributed by atoms with van der Waals surface area (Å²) in [5.41, 5.74) is 3.38. The van der Waals surface area contributed by atoms with Crippen molar-refractivity contribution in [2.75, 3.05) is 10.3 Å². The van der Waals surface area contributed by atoms with E-state index >= 15 is 0 Å². The second kappa shape index (κ2) is 7.40. The molecule has 0 saturated heterocycles. The number of carbonyl (C=O) groups excluding carboxylic acids is 2. The molecule has 1 atom stereocenters. The van der Waals surface area contributed by atoms with Crippen molar-refractivity contribution < 1.29 is 9.59 Å². The molecule has 0 saturated carbocycles. The van der Waals surface area contributed by atoms with Crippen LogP contribution in [-0.2, 0) is 9.59 Å². The molecular weight excluding hydrogens is 354 g/mol. The maximum atomic E-state index is 12.8. The van der Waals surface area contributed by atoms with Crippen molar-refractivity contribution in [1.29, 1.82) is 0 Å². The second-order valence-corrected chi connectivity index (χ2v) is 6.36. The van der Waals surface area contributed by atoms with E-state index < -0.39 is 11.8 Å². The summed E-state index contributed by atoms with van der Waals surface area (Å²) >= 11 is 0. The molecule has 28 heavy (non-hydrogen) atoms. The predicted molar refractivity (Wildman–Crippen MR) is 107 cm³/mol. The Morgan fingerprint density at radius 2 is 1.75 bits per heavy atom. The largest absolute Gasteiger partial charge is 0.325 e. The number of hydrazone groups is 1. The third-order valence-electron chi connectivity index (χ3n) is 4.42. The maximum Gasteiger partial charge on any atom is 0.265 e. The number of nitrogens with one attached hydrogen (secondary N) is 1. The van der Waals surface area contributed by atoms with Crippen LogP contribution in [0.3, 0.4) is 0 Å². The zero-order valence-electron chi connectivity index (χ0n) is 15.1. The van der Waals surface area contributed by atoms with Crippen molar-refractivity contribution in [2.45, 2.75) is 6.92 Å². The van der Waals surface area contributed by atoms with Gasteiger partial charge in [0.25, 0.3) is 5.91 Å². The van der Waals surface area contributed by atoms with Crippen LogP contribution in [0, 0.1) is 5.92 Å². The summed E-state index contributed by atoms with van der Waals surface area (Å²) in [5.74, 6) is -1.73. The number of rotatable bonds is 4. The number of hydrogen-bond acceptors (Lipinski definition) is 5. The molecule has 0 radical (unpaired) electrons. The first-order valence-corrected chi connectivity index (χ1v) is 8.74. The van der Waals surface area contributed by atoms with Gasteiger partial charge in [-0.3, -0.25) is 9.59 Å². The van der Waals surface area contributed by atoms with Crippen molar-refractivity contribution in [1.82, 2.24) is 9.97 Å². The molecular formula is C21H17N5O2. The fraction of sp³-hybridized carbons (Fsp3) is 0.0952. The molecule has 0 fully saturated rings. The topological polar surface area (TPSA) is 87.5 Å². The fourth-order valence-corrected chi connectivity index (χ4v) is 3.06. The summed E-state index contributed by atoms with van der Waals surface area (Å²) in [4.78, 5) is 33.6. The van der Waals surface area contributed by atoms with E-state index in [4.69, 9.17) is 0 Å². The normalized spacial score (nSPS) is 16.0. The molecule has 138 valence electrons. The highest BCUT2D eigenvalue weighted by Crippen LogP contribution is 2.26. The van der Waals surface area contributed by atoms with Gasteiger partial charge >= 0.3 is 0 Å². The van der Waals surface area contributed by atoms with Crippen LogP contribution in [0.2, 0.25) is 0 Å². The Labute approximate surface area is 161 Å². The minimum absolute atomic E-state index is 0.367. The van der Waals surface area contributed by atoms with E-state index in [1.54, 1.807) is 37.5 Å². The van der Waals surface area contributed by atoms with Crippen LogP contribution in [0.25, 0.3) is 11.1 Å². The van der Waals surface area contributed by atoms with E-state index in [0.29, 0.717) is 17.1 Å². The summed E-state index contributed by atoms with van der Waals surface area (Å²) in [6, 6.07) is 16.4. The van der Waals surface area contributed by atoms with Gasteiger partial charge in [0.05, 0.1) is 11.4 Å². The Kier molecular flexibility index (Phi) is 4.63. The molecule has 7 nitrogen and oxygen atoms in total. The molecule has 2 amide bonds. The number of carbonyl (C=O) groups is 2. The monoisotopic (exact) mass is 371 g/mol. The van der Waals surface area contributed by atoms with Gasteiger partial charge in [-0.1, -0.05) is 30.3 Å². The van der Waals surface area contributed by atoms with Crippen molar-refractivity contribution in [3.63, 3.8) is 0 Å². The van der Waals surface area contributed by atoms with Gasteiger partial charge in [0.1, 0.15) is 6.33 Å². The number of amides is 2. The van der Waals surface area contributed by atoms with Gasteiger partial charge in [-0.25, -0.2) is 9.97 Å². The van der Waals surface area contributed by atoms with Crippen LogP contribution in [0.5, 0.6) is 0 Å². The van der Waals surface area contributed by atoms with E-state index in [1.165, 1.54) is 11.3 Å². The number of benzene rings is 2. The van der Waals surface area contributed by atoms with Crippen molar-refractivity contribution in [2.24, 2.45) is 11.0 Å². The molecule has 1 aromatic heterocycles. The zero-order chi connectivity index (χ0) is 19.5. The molecule has 0 aliphatic carbocycles. The van der Waals surface area contributed by atoms with Crippen LogP contribution >= 0.6 is 0 Å². The Hall–Kier alpha value is -3.87. The molecule has 1 aliphatic heterocycles. The molecule has 3 aromatic rings. The lowest BCUT2D eigenvalue weighted by Crippen LogP contribution is -2.36. The zero-order valence-corrected chi connectivity index (χ0v) is 15.1. The molecule has 4 rings (SSSR count). The van der Waals surface area contributed by atoms with E-state index in [9.17, 15) is 9.59 Å². The first-order valence-electron chi connectivity index (χ1n) is 8.74. The van der Waals surface area contributed by atoms with Crippen LogP contribution in [0.4, 0.5) is 11.4 Å². The number of anilines is 2. The number of para-hydroxylation sites is 1. The number of hydrogen-bond donors (Lipinski definition) is 1. The van der Waals surface area contributed by atoms with Crippen molar-refractivity contribution >= 4 is 28.9 Å². The summed E-state index contributed by atoms with van der Waals surface area (Å²) in [6.45, 7) is 1.68. The van der Waals surface area contributed by atoms with E-state index in [0.717, 1.165) is 11.1 Å². The third-order valence-corrected chi connectivity index (χ3v) is 4.42. The molecule has 2 heterocycles. The highest BCUT2D eigenvalue weighted by molar-refractivity contribution is 6.28. The number of nitrogens with zero attached hydrogens (tertiary/aromatic N) is 4. The Bertz CT molecular complexity index is 1050. The Balaban J connectivity index is 1.53. The van der Waals surface area contributed by atoms with Crippen molar-refractivity contribution in [3.8, 4) is 11.1 Å². The molecule has 7 heteroatoms. The predicted octanol–water partition coefficient (Wildman–Crippen LogP) is 3.12. The first-order chi connectivity index (χ1) is 13.6. The second-order valence-electron chi connectivity index (χ2n) is 6.36. The van der Waals surface area contributed by atoms with Gasteiger partial charge in [0.15, 0.2) is 5.92 Å². The summed E-state index contributed by atoms with van der Waals surface area (Å²) < 4.78 is 0. The lowest BCUT2D eigenvalue weighted by Gasteiger charge is -2.14. The first kappa shape index (κ1) is 17.5. The summed E-state index contributed by atoms with van der Waals surface area (Å²) in [5, 5.41) is 8.37. The Morgan fingerprint density at radius 1 is 1.00 bits per heavy atom. The molecule has 0 bridgehead atoms. The smallest absolute Gasteiger partial charge is 0.265 e. The fourth-order valence-electron chi connectivity index (χ4n) is 3.06. The minimum Gasteiger partial charge on any atom is -0.325 e. The van der Waals surface area contributed by atoms with Gasteiger partial charge in [-0.15, -0.1) is 0 Å². The summed E-state index contributed by atoms with van der Waals surface area (Å²) in [7, 11) is 0. The highest BCUT2D eigenvalue weighted by Gasteiger charge is 2.39. The molecule has 1 aliphatic rings. The quantitative estimate of drug-likeness (QED) is 0.714. The molecule has 0 spiro atoms. The summed E-state index contributed by atoms with van der Waals surface area (Å²) in [6.07, 6.45) is 4.85. The maximum absolute atomic E-state index is 12.8. The van der Waals surface area contributed by atoms with E-state index in [-0.39, 0.29) is 5.91 Å². The van der Waals surface area contributed by atoms with Gasteiger partial charge in [-0.05, 0) is 36.8 Å². The molecule has 1 N–H and O–H groups in total. The van der Waals surface area contributed by atoms with Gasteiger partial charge in [-0.2, -0.15) is 10.1 Å². The molecule has 1 unspecified atom stereocenters. The lowest BCUT2D eigenvalue weighted by atomic mass is 10.0. The van der Waals surface area contributed by atoms with E-state index in [2.05, 4.69) is 20.4 Å². The van der Waals surface area contributed by atoms with Gasteiger partial charge in [0.2, 0.25) is 5.91 Å². The minimum atomic E-state index is -0.955. The SMILES string of the molecule is CC1=NN(c2ccccc2)C(=O)C1C(=O)Nc1cccc(-c2cncnc2)c1. The van der Waals surface area contributed by atoms with E-state index in [1.807, 2.05) is 36.4 Å². The van der Waals surface area contributed by atoms with Crippen LogP contribution in [0.1, 0.15) is 6.92 Å². The third kappa shape index (κ3) is 3.37. The van der Waals surface area contributed by atoms with Gasteiger partial charge < -0.3 is 5.32 Å². The van der Waals surface area contributed by atoms with Crippen LogP contribution in [0.15, 0.2) is 78.4 Å². The number of aromatic nitrogens is 2.